The summed E-state index contributed by atoms with van der Waals surface area (Å²) in [5, 5.41) is 0. The van der Waals surface area contributed by atoms with Gasteiger partial charge in [-0.1, -0.05) is 24.3 Å². The predicted molar refractivity (Wildman–Crippen MR) is 70.7 cm³/mol. The molecule has 2 aromatic heterocycles. The summed E-state index contributed by atoms with van der Waals surface area (Å²) in [6.07, 6.45) is 5.28. The molecule has 0 atom stereocenters. The lowest BCUT2D eigenvalue weighted by Crippen LogP contribution is -1.88. The van der Waals surface area contributed by atoms with Crippen molar-refractivity contribution in [3.63, 3.8) is 0 Å². The van der Waals surface area contributed by atoms with E-state index in [1.807, 2.05) is 42.5 Å². The molecule has 18 heavy (non-hydrogen) atoms. The standard InChI is InChI=1S/C15H11N3/c1-2-8-16-14(7-1)12-5-3-6-13(11-12)15-17-9-4-10-18-15/h1-11H. The quantitative estimate of drug-likeness (QED) is 0.682. The van der Waals surface area contributed by atoms with E-state index >= 15 is 0 Å². The molecular weight excluding hydrogens is 222 g/mol. The Morgan fingerprint density at radius 3 is 2.17 bits per heavy atom. The highest BCUT2D eigenvalue weighted by atomic mass is 14.8. The van der Waals surface area contributed by atoms with Gasteiger partial charge in [0.25, 0.3) is 0 Å². The average molecular weight is 233 g/mol. The van der Waals surface area contributed by atoms with Crippen molar-refractivity contribution in [3.8, 4) is 22.6 Å². The summed E-state index contributed by atoms with van der Waals surface area (Å²) >= 11 is 0. The van der Waals surface area contributed by atoms with E-state index in [9.17, 15) is 0 Å². The molecule has 0 N–H and O–H groups in total. The zero-order valence-electron chi connectivity index (χ0n) is 9.69. The van der Waals surface area contributed by atoms with E-state index in [1.54, 1.807) is 18.6 Å². The third-order valence-electron chi connectivity index (χ3n) is 2.65. The highest BCUT2D eigenvalue weighted by molar-refractivity contribution is 5.67. The molecule has 0 amide bonds. The molecule has 3 nitrogen and oxygen atoms in total. The second kappa shape index (κ2) is 4.75. The van der Waals surface area contributed by atoms with Crippen LogP contribution < -0.4 is 0 Å². The molecule has 3 aromatic rings. The first-order chi connectivity index (χ1) is 8.93. The van der Waals surface area contributed by atoms with Crippen molar-refractivity contribution < 1.29 is 0 Å². The Morgan fingerprint density at radius 2 is 1.39 bits per heavy atom. The zero-order valence-corrected chi connectivity index (χ0v) is 9.69. The summed E-state index contributed by atoms with van der Waals surface area (Å²) in [5.41, 5.74) is 3.02. The van der Waals surface area contributed by atoms with Gasteiger partial charge in [0.05, 0.1) is 5.69 Å². The molecule has 0 saturated heterocycles. The number of pyridine rings is 1. The zero-order chi connectivity index (χ0) is 12.2. The Balaban J connectivity index is 2.05. The van der Waals surface area contributed by atoms with Gasteiger partial charge in [-0.3, -0.25) is 4.98 Å². The van der Waals surface area contributed by atoms with Crippen LogP contribution in [-0.2, 0) is 0 Å². The molecule has 86 valence electrons. The van der Waals surface area contributed by atoms with Gasteiger partial charge in [-0.05, 0) is 24.3 Å². The second-order valence-corrected chi connectivity index (χ2v) is 3.87. The molecule has 0 spiro atoms. The normalized spacial score (nSPS) is 10.2. The van der Waals surface area contributed by atoms with Gasteiger partial charge in [0, 0.05) is 29.7 Å². The first-order valence-electron chi connectivity index (χ1n) is 5.72. The van der Waals surface area contributed by atoms with Crippen molar-refractivity contribution in [1.29, 1.82) is 0 Å². The summed E-state index contributed by atoms with van der Waals surface area (Å²) in [5.74, 6) is 0.732. The van der Waals surface area contributed by atoms with Crippen LogP contribution in [0.25, 0.3) is 22.6 Å². The Labute approximate surface area is 105 Å². The van der Waals surface area contributed by atoms with Crippen LogP contribution >= 0.6 is 0 Å². The van der Waals surface area contributed by atoms with Crippen molar-refractivity contribution >= 4 is 0 Å². The molecule has 0 aliphatic rings. The predicted octanol–water partition coefficient (Wildman–Crippen LogP) is 3.21. The van der Waals surface area contributed by atoms with Gasteiger partial charge in [-0.2, -0.15) is 0 Å². The van der Waals surface area contributed by atoms with E-state index in [4.69, 9.17) is 0 Å². The van der Waals surface area contributed by atoms with Crippen LogP contribution in [0.1, 0.15) is 0 Å². The summed E-state index contributed by atoms with van der Waals surface area (Å²) in [4.78, 5) is 12.8. The Kier molecular flexibility index (Phi) is 2.80. The molecule has 3 rings (SSSR count). The molecule has 2 heterocycles. The third kappa shape index (κ3) is 2.11. The number of aromatic nitrogens is 3. The van der Waals surface area contributed by atoms with E-state index in [2.05, 4.69) is 21.0 Å². The lowest BCUT2D eigenvalue weighted by molar-refractivity contribution is 1.18. The Morgan fingerprint density at radius 1 is 0.611 bits per heavy atom. The molecular formula is C15H11N3. The molecule has 1 aromatic carbocycles. The van der Waals surface area contributed by atoms with Crippen LogP contribution in [0.15, 0.2) is 67.1 Å². The van der Waals surface area contributed by atoms with E-state index < -0.39 is 0 Å². The SMILES string of the molecule is c1ccc(-c2cccc(-c3ncccn3)c2)nc1. The van der Waals surface area contributed by atoms with Crippen LogP contribution in [0.2, 0.25) is 0 Å². The fraction of sp³-hybridized carbons (Fsp3) is 0. The van der Waals surface area contributed by atoms with Gasteiger partial charge in [0.1, 0.15) is 0 Å². The van der Waals surface area contributed by atoms with E-state index in [0.29, 0.717) is 0 Å². The molecule has 0 aliphatic carbocycles. The Hall–Kier alpha value is -2.55. The first-order valence-corrected chi connectivity index (χ1v) is 5.72. The van der Waals surface area contributed by atoms with Gasteiger partial charge in [0.15, 0.2) is 5.82 Å². The monoisotopic (exact) mass is 233 g/mol. The number of benzene rings is 1. The summed E-state index contributed by atoms with van der Waals surface area (Å²) in [6, 6.07) is 15.8. The summed E-state index contributed by atoms with van der Waals surface area (Å²) < 4.78 is 0. The summed E-state index contributed by atoms with van der Waals surface area (Å²) in [6.45, 7) is 0. The lowest BCUT2D eigenvalue weighted by atomic mass is 10.1. The van der Waals surface area contributed by atoms with Gasteiger partial charge < -0.3 is 0 Å². The third-order valence-corrected chi connectivity index (χ3v) is 2.65. The number of rotatable bonds is 2. The fourth-order valence-corrected chi connectivity index (χ4v) is 1.80. The first kappa shape index (κ1) is 10.6. The van der Waals surface area contributed by atoms with Crippen LogP contribution in [0, 0.1) is 0 Å². The average Bonchev–Trinajstić information content (AvgIpc) is 2.49. The smallest absolute Gasteiger partial charge is 0.159 e. The van der Waals surface area contributed by atoms with Crippen molar-refractivity contribution in [2.75, 3.05) is 0 Å². The minimum Gasteiger partial charge on any atom is -0.256 e. The molecule has 3 heteroatoms. The molecule has 0 unspecified atom stereocenters. The number of hydrogen-bond donors (Lipinski definition) is 0. The molecule has 0 radical (unpaired) electrons. The van der Waals surface area contributed by atoms with Gasteiger partial charge >= 0.3 is 0 Å². The van der Waals surface area contributed by atoms with Crippen LogP contribution in [-0.4, -0.2) is 15.0 Å². The largest absolute Gasteiger partial charge is 0.256 e. The van der Waals surface area contributed by atoms with Crippen molar-refractivity contribution in [3.05, 3.63) is 67.1 Å². The van der Waals surface area contributed by atoms with Crippen molar-refractivity contribution in [2.24, 2.45) is 0 Å². The molecule has 0 bridgehead atoms. The minimum absolute atomic E-state index is 0.732. The van der Waals surface area contributed by atoms with E-state index in [0.717, 1.165) is 22.6 Å². The number of hydrogen-bond acceptors (Lipinski definition) is 3. The fourth-order valence-electron chi connectivity index (χ4n) is 1.80. The maximum atomic E-state index is 4.34. The van der Waals surface area contributed by atoms with Gasteiger partial charge in [0.2, 0.25) is 0 Å². The van der Waals surface area contributed by atoms with Crippen molar-refractivity contribution in [1.82, 2.24) is 15.0 Å². The van der Waals surface area contributed by atoms with Crippen LogP contribution in [0.5, 0.6) is 0 Å². The van der Waals surface area contributed by atoms with E-state index in [-0.39, 0.29) is 0 Å². The molecule has 0 saturated carbocycles. The van der Waals surface area contributed by atoms with Crippen LogP contribution in [0.3, 0.4) is 0 Å². The summed E-state index contributed by atoms with van der Waals surface area (Å²) in [7, 11) is 0. The maximum absolute atomic E-state index is 4.34. The number of nitrogens with zero attached hydrogens (tertiary/aromatic N) is 3. The molecule has 0 fully saturated rings. The minimum atomic E-state index is 0.732. The molecule has 0 aliphatic heterocycles. The van der Waals surface area contributed by atoms with Gasteiger partial charge in [-0.25, -0.2) is 9.97 Å². The maximum Gasteiger partial charge on any atom is 0.159 e. The highest BCUT2D eigenvalue weighted by Gasteiger charge is 2.03. The topological polar surface area (TPSA) is 38.7 Å². The highest BCUT2D eigenvalue weighted by Crippen LogP contribution is 2.22. The van der Waals surface area contributed by atoms with Crippen LogP contribution in [0.4, 0.5) is 0 Å². The van der Waals surface area contributed by atoms with Crippen molar-refractivity contribution in [2.45, 2.75) is 0 Å². The van der Waals surface area contributed by atoms with E-state index in [1.165, 1.54) is 0 Å². The lowest BCUT2D eigenvalue weighted by Gasteiger charge is -2.03. The Bertz CT molecular complexity index is 581. The van der Waals surface area contributed by atoms with Gasteiger partial charge in [-0.15, -0.1) is 0 Å². The second-order valence-electron chi connectivity index (χ2n) is 3.87.